The van der Waals surface area contributed by atoms with Crippen LogP contribution in [-0.4, -0.2) is 11.6 Å². The smallest absolute Gasteiger partial charge is 0.213 e. The van der Waals surface area contributed by atoms with E-state index in [4.69, 9.17) is 10.5 Å². The molecule has 2 N–H and O–H groups in total. The minimum Gasteiger partial charge on any atom is -0.478 e. The number of ether oxygens (including phenoxy) is 1. The van der Waals surface area contributed by atoms with Crippen LogP contribution in [0.4, 0.5) is 5.69 Å². The quantitative estimate of drug-likeness (QED) is 0.795. The fourth-order valence-corrected chi connectivity index (χ4v) is 1.37. The largest absolute Gasteiger partial charge is 0.478 e. The number of nitrogens with two attached hydrogens (primary N) is 1. The molecule has 1 heterocycles. The van der Waals surface area contributed by atoms with Gasteiger partial charge in [-0.05, 0) is 25.3 Å². The van der Waals surface area contributed by atoms with Crippen LogP contribution < -0.4 is 10.5 Å². The fourth-order valence-electron chi connectivity index (χ4n) is 1.37. The van der Waals surface area contributed by atoms with Gasteiger partial charge in [0.25, 0.3) is 0 Å². The van der Waals surface area contributed by atoms with E-state index in [2.05, 4.69) is 4.98 Å². The molecule has 76 valence electrons. The number of hydrogen-bond donors (Lipinski definition) is 1. The Morgan fingerprint density at radius 1 is 1.50 bits per heavy atom. The highest BCUT2D eigenvalue weighted by atomic mass is 16.5. The first kappa shape index (κ1) is 9.31. The lowest BCUT2D eigenvalue weighted by atomic mass is 10.3. The molecule has 3 heteroatoms. The topological polar surface area (TPSA) is 48.1 Å². The van der Waals surface area contributed by atoms with Gasteiger partial charge in [-0.25, -0.2) is 4.98 Å². The lowest BCUT2D eigenvalue weighted by Crippen LogP contribution is -2.01. The van der Waals surface area contributed by atoms with Crippen LogP contribution in [0, 0.1) is 12.8 Å². The standard InChI is InChI=1S/C11H16N2O/c1-8-10(12)4-5-11(13-8)14-7-6-9-2-3-9/h4-5,9H,2-3,6-7,12H2,1H3. The zero-order valence-electron chi connectivity index (χ0n) is 8.49. The highest BCUT2D eigenvalue weighted by molar-refractivity contribution is 5.43. The van der Waals surface area contributed by atoms with Crippen LogP contribution in [-0.2, 0) is 0 Å². The van der Waals surface area contributed by atoms with Gasteiger partial charge >= 0.3 is 0 Å². The van der Waals surface area contributed by atoms with E-state index < -0.39 is 0 Å². The van der Waals surface area contributed by atoms with Gasteiger partial charge in [0, 0.05) is 6.07 Å². The van der Waals surface area contributed by atoms with E-state index in [1.54, 1.807) is 0 Å². The third kappa shape index (κ3) is 2.37. The predicted molar refractivity (Wildman–Crippen MR) is 56.2 cm³/mol. The first-order valence-corrected chi connectivity index (χ1v) is 5.11. The molecule has 2 rings (SSSR count). The molecule has 1 aromatic heterocycles. The Hall–Kier alpha value is -1.25. The van der Waals surface area contributed by atoms with E-state index in [-0.39, 0.29) is 0 Å². The van der Waals surface area contributed by atoms with E-state index in [0.29, 0.717) is 5.88 Å². The SMILES string of the molecule is Cc1nc(OCCC2CC2)ccc1N. The summed E-state index contributed by atoms with van der Waals surface area (Å²) < 4.78 is 5.53. The minimum absolute atomic E-state index is 0.692. The van der Waals surface area contributed by atoms with E-state index in [1.807, 2.05) is 19.1 Å². The molecule has 0 atom stereocenters. The molecule has 1 fully saturated rings. The summed E-state index contributed by atoms with van der Waals surface area (Å²) >= 11 is 0. The van der Waals surface area contributed by atoms with Gasteiger partial charge in [0.05, 0.1) is 18.0 Å². The van der Waals surface area contributed by atoms with Gasteiger partial charge in [0.2, 0.25) is 5.88 Å². The normalized spacial score (nSPS) is 15.5. The average molecular weight is 192 g/mol. The lowest BCUT2D eigenvalue weighted by molar-refractivity contribution is 0.291. The molecule has 0 aliphatic heterocycles. The second-order valence-corrected chi connectivity index (χ2v) is 3.90. The zero-order valence-corrected chi connectivity index (χ0v) is 8.49. The van der Waals surface area contributed by atoms with Crippen molar-refractivity contribution in [1.29, 1.82) is 0 Å². The van der Waals surface area contributed by atoms with Crippen molar-refractivity contribution in [3.05, 3.63) is 17.8 Å². The Labute approximate surface area is 84.3 Å². The molecule has 1 aromatic rings. The summed E-state index contributed by atoms with van der Waals surface area (Å²) in [7, 11) is 0. The third-order valence-corrected chi connectivity index (χ3v) is 2.57. The molecule has 1 saturated carbocycles. The average Bonchev–Trinajstić information content (AvgIpc) is 2.95. The first-order valence-electron chi connectivity index (χ1n) is 5.11. The molecule has 1 aliphatic rings. The summed E-state index contributed by atoms with van der Waals surface area (Å²) in [5.41, 5.74) is 7.22. The van der Waals surface area contributed by atoms with E-state index in [1.165, 1.54) is 12.8 Å². The Balaban J connectivity index is 1.85. The van der Waals surface area contributed by atoms with E-state index in [9.17, 15) is 0 Å². The molecule has 3 nitrogen and oxygen atoms in total. The molecule has 0 saturated heterocycles. The number of aryl methyl sites for hydroxylation is 1. The molecule has 0 aromatic carbocycles. The highest BCUT2D eigenvalue weighted by Crippen LogP contribution is 2.32. The molecule has 14 heavy (non-hydrogen) atoms. The van der Waals surface area contributed by atoms with Crippen molar-refractivity contribution in [3.63, 3.8) is 0 Å². The van der Waals surface area contributed by atoms with Gasteiger partial charge in [-0.15, -0.1) is 0 Å². The maximum absolute atomic E-state index is 5.66. The monoisotopic (exact) mass is 192 g/mol. The minimum atomic E-state index is 0.692. The molecule has 0 bridgehead atoms. The number of nitrogen functional groups attached to an aromatic ring is 1. The third-order valence-electron chi connectivity index (χ3n) is 2.57. The summed E-state index contributed by atoms with van der Waals surface area (Å²) in [5, 5.41) is 0. The number of nitrogens with zero attached hydrogens (tertiary/aromatic N) is 1. The van der Waals surface area contributed by atoms with Crippen molar-refractivity contribution >= 4 is 5.69 Å². The maximum Gasteiger partial charge on any atom is 0.213 e. The van der Waals surface area contributed by atoms with Gasteiger partial charge in [-0.1, -0.05) is 12.8 Å². The second kappa shape index (κ2) is 3.86. The lowest BCUT2D eigenvalue weighted by Gasteiger charge is -2.06. The summed E-state index contributed by atoms with van der Waals surface area (Å²) in [6, 6.07) is 3.67. The summed E-state index contributed by atoms with van der Waals surface area (Å²) in [5.74, 6) is 1.60. The number of pyridine rings is 1. The molecule has 0 spiro atoms. The number of hydrogen-bond acceptors (Lipinski definition) is 3. The van der Waals surface area contributed by atoms with E-state index >= 15 is 0 Å². The number of aromatic nitrogens is 1. The van der Waals surface area contributed by atoms with Crippen LogP contribution in [0.3, 0.4) is 0 Å². The van der Waals surface area contributed by atoms with Gasteiger partial charge in [-0.2, -0.15) is 0 Å². The van der Waals surface area contributed by atoms with E-state index in [0.717, 1.165) is 30.3 Å². The maximum atomic E-state index is 5.66. The molecular formula is C11H16N2O. The number of anilines is 1. The number of rotatable bonds is 4. The van der Waals surface area contributed by atoms with Crippen molar-refractivity contribution in [2.75, 3.05) is 12.3 Å². The van der Waals surface area contributed by atoms with Gasteiger partial charge in [0.1, 0.15) is 0 Å². The van der Waals surface area contributed by atoms with Gasteiger partial charge in [0.15, 0.2) is 0 Å². The molecular weight excluding hydrogens is 176 g/mol. The Bertz CT molecular complexity index is 321. The summed E-state index contributed by atoms with van der Waals surface area (Å²) in [4.78, 5) is 4.24. The van der Waals surface area contributed by atoms with Crippen LogP contribution in [0.5, 0.6) is 5.88 Å². The Morgan fingerprint density at radius 3 is 2.93 bits per heavy atom. The second-order valence-electron chi connectivity index (χ2n) is 3.90. The highest BCUT2D eigenvalue weighted by Gasteiger charge is 2.20. The Kier molecular flexibility index (Phi) is 2.57. The van der Waals surface area contributed by atoms with Gasteiger partial charge < -0.3 is 10.5 Å². The molecule has 0 unspecified atom stereocenters. The van der Waals surface area contributed by atoms with Crippen LogP contribution in [0.15, 0.2) is 12.1 Å². The summed E-state index contributed by atoms with van der Waals surface area (Å²) in [6.45, 7) is 2.67. The van der Waals surface area contributed by atoms with Crippen LogP contribution in [0.1, 0.15) is 25.0 Å². The zero-order chi connectivity index (χ0) is 9.97. The van der Waals surface area contributed by atoms with Crippen molar-refractivity contribution in [2.45, 2.75) is 26.2 Å². The van der Waals surface area contributed by atoms with Crippen molar-refractivity contribution in [1.82, 2.24) is 4.98 Å². The van der Waals surface area contributed by atoms with Crippen molar-refractivity contribution in [3.8, 4) is 5.88 Å². The summed E-state index contributed by atoms with van der Waals surface area (Å²) in [6.07, 6.45) is 3.90. The predicted octanol–water partition coefficient (Wildman–Crippen LogP) is 2.15. The van der Waals surface area contributed by atoms with Gasteiger partial charge in [-0.3, -0.25) is 0 Å². The Morgan fingerprint density at radius 2 is 2.29 bits per heavy atom. The molecule has 1 aliphatic carbocycles. The van der Waals surface area contributed by atoms with Crippen LogP contribution in [0.25, 0.3) is 0 Å². The van der Waals surface area contributed by atoms with Crippen molar-refractivity contribution in [2.24, 2.45) is 5.92 Å². The van der Waals surface area contributed by atoms with Crippen molar-refractivity contribution < 1.29 is 4.74 Å². The van der Waals surface area contributed by atoms with Crippen LogP contribution >= 0.6 is 0 Å². The first-order chi connectivity index (χ1) is 6.75. The molecule has 0 radical (unpaired) electrons. The fraction of sp³-hybridized carbons (Fsp3) is 0.545. The molecule has 0 amide bonds. The van der Waals surface area contributed by atoms with Crippen LogP contribution in [0.2, 0.25) is 0 Å².